The lowest BCUT2D eigenvalue weighted by Crippen LogP contribution is -2.26. The first-order valence-corrected chi connectivity index (χ1v) is 7.08. The first kappa shape index (κ1) is 13.4. The summed E-state index contributed by atoms with van der Waals surface area (Å²) in [6, 6.07) is 5.06. The summed E-state index contributed by atoms with van der Waals surface area (Å²) >= 11 is 3.28. The number of nitrogens with two attached hydrogens (primary N) is 1. The molecule has 90 valence electrons. The molecule has 0 aliphatic rings. The van der Waals surface area contributed by atoms with Gasteiger partial charge in [-0.2, -0.15) is 0 Å². The largest absolute Gasteiger partial charge is 0.508 e. The van der Waals surface area contributed by atoms with Crippen LogP contribution in [0.25, 0.3) is 0 Å². The van der Waals surface area contributed by atoms with Crippen LogP contribution in [0.5, 0.6) is 5.75 Å². The summed E-state index contributed by atoms with van der Waals surface area (Å²) in [6.07, 6.45) is 0. The first-order valence-electron chi connectivity index (χ1n) is 4.57. The summed E-state index contributed by atoms with van der Waals surface area (Å²) < 4.78 is 22.1. The van der Waals surface area contributed by atoms with Crippen molar-refractivity contribution < 1.29 is 13.5 Å². The number of hydrogen-bond acceptors (Lipinski definition) is 4. The van der Waals surface area contributed by atoms with E-state index in [1.807, 2.05) is 0 Å². The van der Waals surface area contributed by atoms with Crippen LogP contribution < -0.4 is 10.5 Å². The number of rotatable bonds is 5. The molecule has 0 unspecified atom stereocenters. The normalized spacial score (nSPS) is 11.6. The molecule has 5 nitrogen and oxygen atoms in total. The fraction of sp³-hybridized carbons (Fsp3) is 0.333. The summed E-state index contributed by atoms with van der Waals surface area (Å²) in [7, 11) is -3.43. The number of aromatic hydroxyl groups is 1. The van der Waals surface area contributed by atoms with E-state index in [9.17, 15) is 13.5 Å². The molecule has 16 heavy (non-hydrogen) atoms. The highest BCUT2D eigenvalue weighted by atomic mass is 79.9. The molecule has 1 aromatic rings. The SMILES string of the molecule is NS(=O)(=O)CCNCc1cc(Br)ccc1O. The Morgan fingerprint density at radius 1 is 1.44 bits per heavy atom. The Balaban J connectivity index is 2.46. The average Bonchev–Trinajstić information content (AvgIpc) is 2.16. The third kappa shape index (κ3) is 4.93. The predicted molar refractivity (Wildman–Crippen MR) is 65.5 cm³/mol. The molecule has 0 saturated heterocycles. The van der Waals surface area contributed by atoms with E-state index in [1.54, 1.807) is 18.2 Å². The van der Waals surface area contributed by atoms with Crippen LogP contribution in [0.3, 0.4) is 0 Å². The van der Waals surface area contributed by atoms with Crippen molar-refractivity contribution >= 4 is 26.0 Å². The molecule has 1 rings (SSSR count). The van der Waals surface area contributed by atoms with Crippen LogP contribution in [-0.2, 0) is 16.6 Å². The van der Waals surface area contributed by atoms with E-state index < -0.39 is 10.0 Å². The smallest absolute Gasteiger partial charge is 0.210 e. The van der Waals surface area contributed by atoms with Gasteiger partial charge in [-0.25, -0.2) is 13.6 Å². The van der Waals surface area contributed by atoms with Crippen molar-refractivity contribution in [2.45, 2.75) is 6.54 Å². The molecule has 0 atom stereocenters. The van der Waals surface area contributed by atoms with Crippen molar-refractivity contribution in [3.05, 3.63) is 28.2 Å². The fourth-order valence-electron chi connectivity index (χ4n) is 1.13. The topological polar surface area (TPSA) is 92.4 Å². The van der Waals surface area contributed by atoms with E-state index in [0.29, 0.717) is 12.1 Å². The number of primary sulfonamides is 1. The minimum atomic E-state index is -3.43. The zero-order chi connectivity index (χ0) is 12.2. The Labute approximate surface area is 103 Å². The number of phenolic OH excluding ortho intramolecular Hbond substituents is 1. The van der Waals surface area contributed by atoms with Crippen LogP contribution in [0.4, 0.5) is 0 Å². The predicted octanol–water partition coefficient (Wildman–Crippen LogP) is 0.533. The van der Waals surface area contributed by atoms with Crippen molar-refractivity contribution in [1.29, 1.82) is 0 Å². The molecule has 1 aromatic carbocycles. The Bertz CT molecular complexity index is 462. The van der Waals surface area contributed by atoms with Crippen LogP contribution in [-0.4, -0.2) is 25.8 Å². The second kappa shape index (κ2) is 5.62. The Morgan fingerprint density at radius 3 is 2.75 bits per heavy atom. The van der Waals surface area contributed by atoms with Gasteiger partial charge in [0.25, 0.3) is 0 Å². The van der Waals surface area contributed by atoms with Crippen LogP contribution in [0.2, 0.25) is 0 Å². The molecule has 0 spiro atoms. The maximum atomic E-state index is 10.6. The summed E-state index contributed by atoms with van der Waals surface area (Å²) in [5.41, 5.74) is 0.698. The van der Waals surface area contributed by atoms with Gasteiger partial charge in [-0.3, -0.25) is 0 Å². The van der Waals surface area contributed by atoms with Gasteiger partial charge in [-0.05, 0) is 18.2 Å². The molecule has 0 fully saturated rings. The van der Waals surface area contributed by atoms with Crippen molar-refractivity contribution in [2.75, 3.05) is 12.3 Å². The van der Waals surface area contributed by atoms with Crippen molar-refractivity contribution in [3.8, 4) is 5.75 Å². The zero-order valence-corrected chi connectivity index (χ0v) is 10.9. The van der Waals surface area contributed by atoms with Crippen LogP contribution >= 0.6 is 15.9 Å². The van der Waals surface area contributed by atoms with Gasteiger partial charge in [0, 0.05) is 23.1 Å². The third-order valence-corrected chi connectivity index (χ3v) is 3.19. The van der Waals surface area contributed by atoms with Gasteiger partial charge < -0.3 is 10.4 Å². The number of halogens is 1. The summed E-state index contributed by atoms with van der Waals surface area (Å²) in [4.78, 5) is 0. The molecular formula is C9H13BrN2O3S. The van der Waals surface area contributed by atoms with Crippen molar-refractivity contribution in [2.24, 2.45) is 5.14 Å². The standard InChI is InChI=1S/C9H13BrN2O3S/c10-8-1-2-9(13)7(5-8)6-12-3-4-16(11,14)15/h1-2,5,12-13H,3-4,6H2,(H2,11,14,15). The number of nitrogens with one attached hydrogen (secondary N) is 1. The summed E-state index contributed by atoms with van der Waals surface area (Å²) in [6.45, 7) is 0.644. The Morgan fingerprint density at radius 2 is 2.12 bits per heavy atom. The van der Waals surface area contributed by atoms with Gasteiger partial charge in [0.15, 0.2) is 0 Å². The molecule has 7 heteroatoms. The van der Waals surface area contributed by atoms with E-state index in [0.717, 1.165) is 4.47 Å². The second-order valence-corrected chi connectivity index (χ2v) is 5.97. The first-order chi connectivity index (χ1) is 7.38. The van der Waals surface area contributed by atoms with Gasteiger partial charge in [-0.15, -0.1) is 0 Å². The molecule has 0 aliphatic heterocycles. The van der Waals surface area contributed by atoms with Gasteiger partial charge in [-0.1, -0.05) is 15.9 Å². The number of sulfonamides is 1. The van der Waals surface area contributed by atoms with Gasteiger partial charge in [0.05, 0.1) is 5.75 Å². The van der Waals surface area contributed by atoms with E-state index in [4.69, 9.17) is 5.14 Å². The average molecular weight is 309 g/mol. The van der Waals surface area contributed by atoms with Gasteiger partial charge in [0.1, 0.15) is 5.75 Å². The lowest BCUT2D eigenvalue weighted by atomic mass is 10.2. The summed E-state index contributed by atoms with van der Waals surface area (Å²) in [5.74, 6) is 0.0493. The van der Waals surface area contributed by atoms with E-state index >= 15 is 0 Å². The molecule has 0 aliphatic carbocycles. The summed E-state index contributed by atoms with van der Waals surface area (Å²) in [5, 5.41) is 17.2. The van der Waals surface area contributed by atoms with Gasteiger partial charge in [0.2, 0.25) is 10.0 Å². The van der Waals surface area contributed by atoms with Crippen LogP contribution in [0.15, 0.2) is 22.7 Å². The zero-order valence-electron chi connectivity index (χ0n) is 8.48. The Hall–Kier alpha value is -0.630. The molecule has 0 heterocycles. The van der Waals surface area contributed by atoms with Crippen molar-refractivity contribution in [1.82, 2.24) is 5.32 Å². The highest BCUT2D eigenvalue weighted by Crippen LogP contribution is 2.21. The fourth-order valence-corrected chi connectivity index (χ4v) is 1.97. The maximum absolute atomic E-state index is 10.6. The number of hydrogen-bond donors (Lipinski definition) is 3. The lowest BCUT2D eigenvalue weighted by molar-refractivity contribution is 0.465. The quantitative estimate of drug-likeness (QED) is 0.692. The Kier molecular flexibility index (Phi) is 4.72. The van der Waals surface area contributed by atoms with E-state index in [-0.39, 0.29) is 18.0 Å². The van der Waals surface area contributed by atoms with Crippen LogP contribution in [0.1, 0.15) is 5.56 Å². The molecule has 0 radical (unpaired) electrons. The van der Waals surface area contributed by atoms with E-state index in [1.165, 1.54) is 0 Å². The monoisotopic (exact) mass is 308 g/mol. The molecule has 0 amide bonds. The molecule has 0 saturated carbocycles. The highest BCUT2D eigenvalue weighted by molar-refractivity contribution is 9.10. The lowest BCUT2D eigenvalue weighted by Gasteiger charge is -2.06. The maximum Gasteiger partial charge on any atom is 0.210 e. The molecular weight excluding hydrogens is 296 g/mol. The van der Waals surface area contributed by atoms with E-state index in [2.05, 4.69) is 21.2 Å². The van der Waals surface area contributed by atoms with Crippen molar-refractivity contribution in [3.63, 3.8) is 0 Å². The molecule has 0 bridgehead atoms. The van der Waals surface area contributed by atoms with Gasteiger partial charge >= 0.3 is 0 Å². The number of phenols is 1. The minimum Gasteiger partial charge on any atom is -0.508 e. The third-order valence-electron chi connectivity index (χ3n) is 1.92. The second-order valence-electron chi connectivity index (χ2n) is 3.32. The molecule has 4 N–H and O–H groups in total. The minimum absolute atomic E-state index is 0.123. The highest BCUT2D eigenvalue weighted by Gasteiger charge is 2.04. The number of benzene rings is 1. The molecule has 0 aromatic heterocycles. The van der Waals surface area contributed by atoms with Crippen LogP contribution in [0, 0.1) is 0 Å².